The molecule has 2 aliphatic heterocycles. The second-order valence-electron chi connectivity index (χ2n) is 13.4. The van der Waals surface area contributed by atoms with Gasteiger partial charge in [-0.2, -0.15) is 0 Å². The van der Waals surface area contributed by atoms with Gasteiger partial charge in [0.2, 0.25) is 0 Å². The molecule has 12 heteroatoms. The Morgan fingerprint density at radius 1 is 0.500 bits per heavy atom. The number of hydrogen-bond donors (Lipinski definition) is 0. The van der Waals surface area contributed by atoms with Gasteiger partial charge in [0, 0.05) is 45.4 Å². The molecule has 0 N–H and O–H groups in total. The van der Waals surface area contributed by atoms with Crippen LogP contribution in [0.5, 0.6) is 23.0 Å². The maximum Gasteiger partial charge on any atom is 0.340 e. The van der Waals surface area contributed by atoms with Crippen LogP contribution >= 0.6 is 23.2 Å². The second-order valence-corrected chi connectivity index (χ2v) is 14.3. The molecule has 56 heavy (non-hydrogen) atoms. The molecule has 0 aliphatic carbocycles. The number of benzene rings is 4. The summed E-state index contributed by atoms with van der Waals surface area (Å²) in [4.78, 5) is 29.1. The second kappa shape index (κ2) is 14.7. The van der Waals surface area contributed by atoms with E-state index in [0.717, 1.165) is 44.8 Å². The van der Waals surface area contributed by atoms with Gasteiger partial charge in [0.25, 0.3) is 0 Å². The van der Waals surface area contributed by atoms with E-state index in [9.17, 15) is 9.59 Å². The van der Waals surface area contributed by atoms with E-state index in [1.54, 1.807) is 52.7 Å². The normalized spacial score (nSPS) is 12.5. The lowest BCUT2D eigenvalue weighted by molar-refractivity contribution is 0.0590. The van der Waals surface area contributed by atoms with E-state index < -0.39 is 11.9 Å². The summed E-state index contributed by atoms with van der Waals surface area (Å²) < 4.78 is 38.5. The zero-order valence-electron chi connectivity index (χ0n) is 31.7. The van der Waals surface area contributed by atoms with Gasteiger partial charge in [0.1, 0.15) is 0 Å². The minimum atomic E-state index is -0.573. The molecule has 0 spiro atoms. The summed E-state index contributed by atoms with van der Waals surface area (Å²) in [5.74, 6) is 1.11. The monoisotopic (exact) mass is 792 g/mol. The van der Waals surface area contributed by atoms with Crippen molar-refractivity contribution in [1.29, 1.82) is 0 Å². The summed E-state index contributed by atoms with van der Waals surface area (Å²) in [7, 11) is 9.12. The summed E-state index contributed by atoms with van der Waals surface area (Å²) in [6.07, 6.45) is 1.19. The summed E-state index contributed by atoms with van der Waals surface area (Å²) in [5.41, 5.74) is 9.55. The number of carbonyl (C=O) groups is 2. The maximum absolute atomic E-state index is 14.5. The number of nitrogens with zero attached hydrogens (tertiary/aromatic N) is 2. The van der Waals surface area contributed by atoms with E-state index in [2.05, 4.69) is 9.13 Å². The van der Waals surface area contributed by atoms with Crippen molar-refractivity contribution in [2.45, 2.75) is 25.9 Å². The lowest BCUT2D eigenvalue weighted by Gasteiger charge is -2.26. The molecule has 4 aromatic carbocycles. The van der Waals surface area contributed by atoms with Crippen LogP contribution in [0.4, 0.5) is 0 Å². The summed E-state index contributed by atoms with van der Waals surface area (Å²) in [6, 6.07) is 22.5. The first-order valence-electron chi connectivity index (χ1n) is 17.9. The molecule has 0 bridgehead atoms. The summed E-state index contributed by atoms with van der Waals surface area (Å²) in [5, 5.41) is 1.08. The van der Waals surface area contributed by atoms with Gasteiger partial charge in [-0.1, -0.05) is 47.5 Å². The van der Waals surface area contributed by atoms with Crippen LogP contribution in [0.2, 0.25) is 10.0 Å². The predicted molar refractivity (Wildman–Crippen MR) is 216 cm³/mol. The number of rotatable bonds is 9. The molecular weight excluding hydrogens is 755 g/mol. The van der Waals surface area contributed by atoms with Crippen molar-refractivity contribution in [3.05, 3.63) is 105 Å². The Hall–Kier alpha value is -5.84. The molecule has 0 saturated heterocycles. The molecule has 0 unspecified atom stereocenters. The molecule has 2 aromatic heterocycles. The third-order valence-corrected chi connectivity index (χ3v) is 11.2. The highest BCUT2D eigenvalue weighted by Crippen LogP contribution is 2.54. The molecular formula is C44H38Cl2N2O8. The van der Waals surface area contributed by atoms with Crippen LogP contribution in [0, 0.1) is 0 Å². The van der Waals surface area contributed by atoms with E-state index >= 15 is 0 Å². The van der Waals surface area contributed by atoms with Gasteiger partial charge in [-0.05, 0) is 83.6 Å². The third kappa shape index (κ3) is 5.78. The summed E-state index contributed by atoms with van der Waals surface area (Å²) >= 11 is 12.8. The van der Waals surface area contributed by atoms with Gasteiger partial charge in [-0.15, -0.1) is 0 Å². The number of aryl methyl sites for hydroxylation is 2. The quantitative estimate of drug-likeness (QED) is 0.134. The first-order chi connectivity index (χ1) is 27.2. The lowest BCUT2D eigenvalue weighted by atomic mass is 9.91. The SMILES string of the molecule is COC(=O)c1c(-c2ccc(Cl)cc2)c2n(c1-c1c(C(=O)OC)c(-c3ccc(Cl)cc3)c3n1CCc1cc(OC)c(OC)cc1-3)CCc1cc(OC)c(OC)cc1-2. The maximum atomic E-state index is 14.5. The molecule has 4 heterocycles. The predicted octanol–water partition coefficient (Wildman–Crippen LogP) is 9.65. The Morgan fingerprint density at radius 3 is 1.16 bits per heavy atom. The standard InChI is InChI=1S/C44H38Cl2N2O8/c1-51-31-19-25-15-17-47-39(29(25)21-33(31)53-3)35(23-7-11-27(45)12-8-23)37(43(49)55-5)41(47)42-38(44(50)56-6)36(24-9-13-28(46)14-10-24)40-30-22-34(54-4)32(52-2)20-26(30)16-18-48(40)42/h7-14,19-22H,15-18H2,1-6H3. The molecule has 0 atom stereocenters. The van der Waals surface area contributed by atoms with Crippen LogP contribution in [0.3, 0.4) is 0 Å². The smallest absolute Gasteiger partial charge is 0.340 e. The number of hydrogen-bond acceptors (Lipinski definition) is 8. The van der Waals surface area contributed by atoms with Crippen molar-refractivity contribution in [1.82, 2.24) is 9.13 Å². The Balaban J connectivity index is 1.58. The van der Waals surface area contributed by atoms with Crippen LogP contribution in [-0.2, 0) is 35.4 Å². The third-order valence-electron chi connectivity index (χ3n) is 10.7. The fourth-order valence-corrected chi connectivity index (χ4v) is 8.55. The fourth-order valence-electron chi connectivity index (χ4n) is 8.29. The molecule has 0 fully saturated rings. The average molecular weight is 794 g/mol. The molecule has 0 saturated carbocycles. The minimum absolute atomic E-state index is 0.290. The molecule has 0 amide bonds. The van der Waals surface area contributed by atoms with Gasteiger partial charge in [-0.3, -0.25) is 0 Å². The number of carbonyl (C=O) groups excluding carboxylic acids is 2. The van der Waals surface area contributed by atoms with Crippen LogP contribution in [0.1, 0.15) is 31.8 Å². The number of aromatic nitrogens is 2. The van der Waals surface area contributed by atoms with E-state index in [4.69, 9.17) is 51.6 Å². The van der Waals surface area contributed by atoms with Crippen molar-refractivity contribution in [3.63, 3.8) is 0 Å². The highest BCUT2D eigenvalue weighted by Gasteiger charge is 2.41. The van der Waals surface area contributed by atoms with Gasteiger partial charge in [0.05, 0.1) is 76.6 Å². The number of methoxy groups -OCH3 is 6. The highest BCUT2D eigenvalue weighted by molar-refractivity contribution is 6.31. The van der Waals surface area contributed by atoms with Crippen LogP contribution in [0.25, 0.3) is 56.2 Å². The summed E-state index contributed by atoms with van der Waals surface area (Å²) in [6.45, 7) is 0.924. The molecule has 6 aromatic rings. The van der Waals surface area contributed by atoms with Crippen molar-refractivity contribution < 1.29 is 38.0 Å². The lowest BCUT2D eigenvalue weighted by Crippen LogP contribution is -2.18. The van der Waals surface area contributed by atoms with E-state index in [-0.39, 0.29) is 0 Å². The number of halogens is 2. The van der Waals surface area contributed by atoms with Crippen LogP contribution in [-0.4, -0.2) is 63.7 Å². The molecule has 2 aliphatic rings. The van der Waals surface area contributed by atoms with Gasteiger partial charge >= 0.3 is 11.9 Å². The zero-order valence-corrected chi connectivity index (χ0v) is 33.2. The van der Waals surface area contributed by atoms with Crippen molar-refractivity contribution in [2.24, 2.45) is 0 Å². The highest BCUT2D eigenvalue weighted by atomic mass is 35.5. The van der Waals surface area contributed by atoms with Gasteiger partial charge in [0.15, 0.2) is 23.0 Å². The van der Waals surface area contributed by atoms with E-state index in [1.165, 1.54) is 14.2 Å². The van der Waals surface area contributed by atoms with Crippen molar-refractivity contribution in [2.75, 3.05) is 42.7 Å². The number of ether oxygens (including phenoxy) is 6. The van der Waals surface area contributed by atoms with Gasteiger partial charge in [-0.25, -0.2) is 9.59 Å². The Labute approximate surface area is 334 Å². The minimum Gasteiger partial charge on any atom is -0.493 e. The first-order valence-corrected chi connectivity index (χ1v) is 18.7. The zero-order chi connectivity index (χ0) is 39.4. The molecule has 10 nitrogen and oxygen atoms in total. The topological polar surface area (TPSA) is 99.4 Å². The molecule has 286 valence electrons. The largest absolute Gasteiger partial charge is 0.493 e. The number of esters is 2. The molecule has 8 rings (SSSR count). The first kappa shape index (κ1) is 37.1. The van der Waals surface area contributed by atoms with Crippen molar-refractivity contribution >= 4 is 35.1 Å². The Bertz CT molecular complexity index is 2380. The Morgan fingerprint density at radius 2 is 0.839 bits per heavy atom. The average Bonchev–Trinajstić information content (AvgIpc) is 3.76. The Kier molecular flexibility index (Phi) is 9.72. The molecule has 0 radical (unpaired) electrons. The van der Waals surface area contributed by atoms with E-state index in [1.807, 2.05) is 48.5 Å². The number of fused-ring (bicyclic) bond motifs is 6. The van der Waals surface area contributed by atoms with Crippen molar-refractivity contribution in [3.8, 4) is 79.2 Å². The van der Waals surface area contributed by atoms with Crippen LogP contribution < -0.4 is 18.9 Å². The van der Waals surface area contributed by atoms with Gasteiger partial charge < -0.3 is 37.6 Å². The van der Waals surface area contributed by atoms with Crippen LogP contribution in [0.15, 0.2) is 72.8 Å². The fraction of sp³-hybridized carbons (Fsp3) is 0.227. The van der Waals surface area contributed by atoms with E-state index in [0.29, 0.717) is 92.6 Å².